The molecular weight excluding hydrogens is 467 g/mol. The van der Waals surface area contributed by atoms with E-state index in [0.29, 0.717) is 5.75 Å². The van der Waals surface area contributed by atoms with Crippen molar-refractivity contribution >= 4 is 44.6 Å². The van der Waals surface area contributed by atoms with Crippen LogP contribution in [0, 0.1) is 0 Å². The quantitative estimate of drug-likeness (QED) is 0.443. The molecule has 7 nitrogen and oxygen atoms in total. The van der Waals surface area contributed by atoms with Gasteiger partial charge in [-0.2, -0.15) is 0 Å². The molecule has 3 N–H and O–H groups in total. The van der Waals surface area contributed by atoms with Crippen LogP contribution in [0.2, 0.25) is 10.0 Å². The van der Waals surface area contributed by atoms with Crippen LogP contribution in [0.3, 0.4) is 0 Å². The molecule has 0 saturated carbocycles. The Bertz CT molecular complexity index is 897. The van der Waals surface area contributed by atoms with E-state index in [0.717, 1.165) is 0 Å². The van der Waals surface area contributed by atoms with Crippen molar-refractivity contribution in [3.63, 3.8) is 0 Å². The minimum absolute atomic E-state index is 0.00128. The first kappa shape index (κ1) is 24.0. The first-order valence-electron chi connectivity index (χ1n) is 8.31. The van der Waals surface area contributed by atoms with Gasteiger partial charge in [0.2, 0.25) is 9.84 Å². The van der Waals surface area contributed by atoms with Gasteiger partial charge in [-0.05, 0) is 36.4 Å². The zero-order valence-electron chi connectivity index (χ0n) is 15.0. The number of ether oxygens (including phenoxy) is 2. The maximum Gasteiger partial charge on any atom is 0.206 e. The highest BCUT2D eigenvalue weighted by molar-refractivity contribution is 7.91. The lowest BCUT2D eigenvalue weighted by Gasteiger charge is -2.14. The predicted octanol–water partition coefficient (Wildman–Crippen LogP) is 2.54. The third kappa shape index (κ3) is 6.36. The van der Waals surface area contributed by atoms with E-state index >= 15 is 0 Å². The number of hydrogen-bond donors (Lipinski definition) is 3. The third-order valence-corrected chi connectivity index (χ3v) is 6.33. The smallest absolute Gasteiger partial charge is 0.206 e. The largest absolute Gasteiger partial charge is 0.491 e. The van der Waals surface area contributed by atoms with Gasteiger partial charge in [-0.15, -0.1) is 11.6 Å². The van der Waals surface area contributed by atoms with E-state index in [-0.39, 0.29) is 44.7 Å². The van der Waals surface area contributed by atoms with Crippen molar-refractivity contribution in [1.82, 2.24) is 0 Å². The van der Waals surface area contributed by atoms with E-state index in [1.807, 2.05) is 0 Å². The van der Waals surface area contributed by atoms with Gasteiger partial charge in [-0.3, -0.25) is 0 Å². The summed E-state index contributed by atoms with van der Waals surface area (Å²) in [7, 11) is -3.93. The summed E-state index contributed by atoms with van der Waals surface area (Å²) in [4.78, 5) is -0.159. The van der Waals surface area contributed by atoms with Gasteiger partial charge in [0.05, 0.1) is 32.3 Å². The van der Waals surface area contributed by atoms with Gasteiger partial charge in [-0.1, -0.05) is 23.2 Å². The number of halogens is 3. The first-order chi connectivity index (χ1) is 13.7. The lowest BCUT2D eigenvalue weighted by molar-refractivity contribution is 0.0536. The van der Waals surface area contributed by atoms with Crippen LogP contribution < -0.4 is 9.47 Å². The summed E-state index contributed by atoms with van der Waals surface area (Å²) in [5, 5.41) is 27.4. The van der Waals surface area contributed by atoms with E-state index in [4.69, 9.17) is 49.4 Å². The molecule has 0 unspecified atom stereocenters. The molecule has 2 aromatic carbocycles. The minimum atomic E-state index is -3.93. The van der Waals surface area contributed by atoms with Crippen molar-refractivity contribution in [2.24, 2.45) is 0 Å². The van der Waals surface area contributed by atoms with E-state index < -0.39 is 28.7 Å². The summed E-state index contributed by atoms with van der Waals surface area (Å²) in [6, 6.07) is 7.97. The standard InChI is InChI=1S/C18H19Cl3O7S/c19-7-11(23)9-27-13-1-3-14(4-2-13)29(25,26)15-5-16(20)18(17(21)6-15)28-10-12(24)8-22/h1-6,11-12,22-24H,7-10H2/t11-,12+/m1/s1. The molecule has 0 aliphatic carbocycles. The molecule has 29 heavy (non-hydrogen) atoms. The zero-order chi connectivity index (χ0) is 21.6. The maximum atomic E-state index is 12.9. The second kappa shape index (κ2) is 10.7. The first-order valence-corrected chi connectivity index (χ1v) is 11.1. The third-order valence-electron chi connectivity index (χ3n) is 3.67. The Morgan fingerprint density at radius 1 is 0.897 bits per heavy atom. The number of hydrogen-bond acceptors (Lipinski definition) is 7. The Morgan fingerprint density at radius 3 is 1.97 bits per heavy atom. The van der Waals surface area contributed by atoms with Gasteiger partial charge in [0.25, 0.3) is 0 Å². The average molecular weight is 486 g/mol. The fraction of sp³-hybridized carbons (Fsp3) is 0.333. The Balaban J connectivity index is 2.22. The molecule has 0 saturated heterocycles. The SMILES string of the molecule is O=S(=O)(c1ccc(OC[C@H](O)CCl)cc1)c1cc(Cl)c(OC[C@@H](O)CO)c(Cl)c1. The lowest BCUT2D eigenvalue weighted by Crippen LogP contribution is -2.21. The number of aliphatic hydroxyl groups excluding tert-OH is 3. The molecule has 2 rings (SSSR count). The molecule has 0 heterocycles. The number of aliphatic hydroxyl groups is 3. The highest BCUT2D eigenvalue weighted by Crippen LogP contribution is 2.37. The van der Waals surface area contributed by atoms with Gasteiger partial charge in [0, 0.05) is 0 Å². The summed E-state index contributed by atoms with van der Waals surface area (Å²) in [5.74, 6) is 0.392. The summed E-state index contributed by atoms with van der Waals surface area (Å²) >= 11 is 17.7. The Hall–Kier alpha value is -1.26. The number of rotatable bonds is 10. The van der Waals surface area contributed by atoms with E-state index in [1.165, 1.54) is 36.4 Å². The topological polar surface area (TPSA) is 113 Å². The van der Waals surface area contributed by atoms with Crippen molar-refractivity contribution in [1.29, 1.82) is 0 Å². The average Bonchev–Trinajstić information content (AvgIpc) is 2.71. The van der Waals surface area contributed by atoms with Crippen LogP contribution in [0.1, 0.15) is 0 Å². The molecule has 0 amide bonds. The van der Waals surface area contributed by atoms with Crippen molar-refractivity contribution in [2.45, 2.75) is 22.0 Å². The van der Waals surface area contributed by atoms with Gasteiger partial charge >= 0.3 is 0 Å². The second-order valence-corrected chi connectivity index (χ2v) is 9.03. The van der Waals surface area contributed by atoms with Gasteiger partial charge in [-0.25, -0.2) is 8.42 Å². The number of benzene rings is 2. The van der Waals surface area contributed by atoms with E-state index in [1.54, 1.807) is 0 Å². The van der Waals surface area contributed by atoms with Crippen LogP contribution in [0.15, 0.2) is 46.2 Å². The highest BCUT2D eigenvalue weighted by Gasteiger charge is 2.22. The van der Waals surface area contributed by atoms with Crippen LogP contribution >= 0.6 is 34.8 Å². The maximum absolute atomic E-state index is 12.9. The fourth-order valence-corrected chi connectivity index (χ4v) is 4.28. The summed E-state index contributed by atoms with van der Waals surface area (Å²) < 4.78 is 36.3. The molecule has 0 aliphatic heterocycles. The zero-order valence-corrected chi connectivity index (χ0v) is 18.0. The highest BCUT2D eigenvalue weighted by atomic mass is 35.5. The lowest BCUT2D eigenvalue weighted by atomic mass is 10.3. The van der Waals surface area contributed by atoms with Crippen molar-refractivity contribution in [3.8, 4) is 11.5 Å². The molecule has 0 aromatic heterocycles. The normalized spacial score (nSPS) is 13.7. The summed E-state index contributed by atoms with van der Waals surface area (Å²) in [6.45, 7) is -0.790. The van der Waals surface area contributed by atoms with Gasteiger partial charge in [0.15, 0.2) is 5.75 Å². The molecule has 0 spiro atoms. The molecule has 0 fully saturated rings. The summed E-state index contributed by atoms with van der Waals surface area (Å²) in [5.41, 5.74) is 0. The molecule has 11 heteroatoms. The predicted molar refractivity (Wildman–Crippen MR) is 109 cm³/mol. The van der Waals surface area contributed by atoms with Crippen LogP contribution in [-0.2, 0) is 9.84 Å². The van der Waals surface area contributed by atoms with E-state index in [2.05, 4.69) is 0 Å². The van der Waals surface area contributed by atoms with Crippen LogP contribution in [0.4, 0.5) is 0 Å². The molecule has 2 atom stereocenters. The fourth-order valence-electron chi connectivity index (χ4n) is 2.15. The number of alkyl halides is 1. The second-order valence-electron chi connectivity index (χ2n) is 5.96. The Labute approximate surface area is 183 Å². The summed E-state index contributed by atoms with van der Waals surface area (Å²) in [6.07, 6.45) is -1.96. The molecule has 0 aliphatic rings. The van der Waals surface area contributed by atoms with E-state index in [9.17, 15) is 18.6 Å². The van der Waals surface area contributed by atoms with Gasteiger partial charge < -0.3 is 24.8 Å². The number of sulfone groups is 1. The molecule has 0 bridgehead atoms. The van der Waals surface area contributed by atoms with Crippen LogP contribution in [-0.4, -0.2) is 61.6 Å². The van der Waals surface area contributed by atoms with Crippen LogP contribution in [0.25, 0.3) is 0 Å². The van der Waals surface area contributed by atoms with Crippen LogP contribution in [0.5, 0.6) is 11.5 Å². The monoisotopic (exact) mass is 484 g/mol. The van der Waals surface area contributed by atoms with Crippen molar-refractivity contribution in [3.05, 3.63) is 46.4 Å². The molecule has 160 valence electrons. The van der Waals surface area contributed by atoms with Crippen molar-refractivity contribution < 1.29 is 33.2 Å². The molecular formula is C18H19Cl3O7S. The Morgan fingerprint density at radius 2 is 1.45 bits per heavy atom. The van der Waals surface area contributed by atoms with Gasteiger partial charge in [0.1, 0.15) is 31.2 Å². The molecule has 2 aromatic rings. The minimum Gasteiger partial charge on any atom is -0.491 e. The van der Waals surface area contributed by atoms with Crippen molar-refractivity contribution in [2.75, 3.05) is 25.7 Å². The Kier molecular flexibility index (Phi) is 8.84. The molecule has 0 radical (unpaired) electrons.